The van der Waals surface area contributed by atoms with Gasteiger partial charge in [0.05, 0.1) is 6.20 Å². The van der Waals surface area contributed by atoms with Crippen molar-refractivity contribution < 1.29 is 4.74 Å². The molecule has 3 heteroatoms. The molecular formula is C7H9N2O. The van der Waals surface area contributed by atoms with Gasteiger partial charge in [0.25, 0.3) is 0 Å². The molecule has 1 aromatic rings. The van der Waals surface area contributed by atoms with Crippen molar-refractivity contribution in [1.82, 2.24) is 9.97 Å². The maximum Gasteiger partial charge on any atom is 0.157 e. The van der Waals surface area contributed by atoms with Crippen molar-refractivity contribution in [1.29, 1.82) is 0 Å². The predicted molar refractivity (Wildman–Crippen MR) is 36.3 cm³/mol. The van der Waals surface area contributed by atoms with E-state index in [1.807, 2.05) is 6.92 Å². The third-order valence-corrected chi connectivity index (χ3v) is 1.25. The van der Waals surface area contributed by atoms with Crippen LogP contribution in [0.2, 0.25) is 0 Å². The molecule has 0 aliphatic heterocycles. The lowest BCUT2D eigenvalue weighted by atomic mass is 10.4. The molecule has 53 valence electrons. The van der Waals surface area contributed by atoms with Crippen LogP contribution in [0.15, 0.2) is 12.3 Å². The van der Waals surface area contributed by atoms with E-state index in [1.165, 1.54) is 0 Å². The highest BCUT2D eigenvalue weighted by Gasteiger charge is 2.03. The zero-order valence-electron chi connectivity index (χ0n) is 6.03. The summed E-state index contributed by atoms with van der Waals surface area (Å²) >= 11 is 0. The standard InChI is InChI=1S/C7H9N2O/c1-6(10-2)7-8-4-3-5-9-7/h3-4,6H,1-2H3. The number of methoxy groups -OCH3 is 1. The van der Waals surface area contributed by atoms with E-state index in [4.69, 9.17) is 4.74 Å². The molecular weight excluding hydrogens is 128 g/mol. The van der Waals surface area contributed by atoms with Gasteiger partial charge in [-0.05, 0) is 13.0 Å². The fourth-order valence-electron chi connectivity index (χ4n) is 0.581. The highest BCUT2D eigenvalue weighted by molar-refractivity contribution is 4.90. The summed E-state index contributed by atoms with van der Waals surface area (Å²) < 4.78 is 4.99. The first-order chi connectivity index (χ1) is 4.84. The highest BCUT2D eigenvalue weighted by atomic mass is 16.5. The second kappa shape index (κ2) is 3.27. The van der Waals surface area contributed by atoms with Crippen molar-refractivity contribution in [3.63, 3.8) is 0 Å². The Labute approximate surface area is 60.1 Å². The van der Waals surface area contributed by atoms with Gasteiger partial charge in [0.15, 0.2) is 5.82 Å². The first-order valence-corrected chi connectivity index (χ1v) is 3.06. The van der Waals surface area contributed by atoms with E-state index in [0.717, 1.165) is 0 Å². The first-order valence-electron chi connectivity index (χ1n) is 3.06. The lowest BCUT2D eigenvalue weighted by molar-refractivity contribution is 0.112. The van der Waals surface area contributed by atoms with Crippen LogP contribution in [-0.2, 0) is 4.74 Å². The van der Waals surface area contributed by atoms with Crippen LogP contribution in [0.4, 0.5) is 0 Å². The van der Waals surface area contributed by atoms with Crippen molar-refractivity contribution in [3.8, 4) is 0 Å². The summed E-state index contributed by atoms with van der Waals surface area (Å²) in [5.41, 5.74) is 0. The fourth-order valence-corrected chi connectivity index (χ4v) is 0.581. The minimum Gasteiger partial charge on any atom is -0.374 e. The van der Waals surface area contributed by atoms with Gasteiger partial charge >= 0.3 is 0 Å². The van der Waals surface area contributed by atoms with E-state index in [2.05, 4.69) is 16.2 Å². The highest BCUT2D eigenvalue weighted by Crippen LogP contribution is 2.07. The fraction of sp³-hybridized carbons (Fsp3) is 0.429. The lowest BCUT2D eigenvalue weighted by Gasteiger charge is -2.04. The molecule has 0 amide bonds. The van der Waals surface area contributed by atoms with Crippen LogP contribution in [0.5, 0.6) is 0 Å². The van der Waals surface area contributed by atoms with Crippen LogP contribution in [0, 0.1) is 6.20 Å². The smallest absolute Gasteiger partial charge is 0.157 e. The minimum atomic E-state index is -0.0440. The Morgan fingerprint density at radius 3 is 3.00 bits per heavy atom. The summed E-state index contributed by atoms with van der Waals surface area (Å²) in [7, 11) is 1.63. The van der Waals surface area contributed by atoms with Crippen LogP contribution in [-0.4, -0.2) is 17.1 Å². The SMILES string of the molecule is COC(C)c1n[c]ccn1. The Balaban J connectivity index is 2.75. The van der Waals surface area contributed by atoms with Gasteiger partial charge in [-0.3, -0.25) is 0 Å². The quantitative estimate of drug-likeness (QED) is 0.609. The van der Waals surface area contributed by atoms with Crippen LogP contribution in [0.25, 0.3) is 0 Å². The average Bonchev–Trinajstić information content (AvgIpc) is 2.05. The maximum atomic E-state index is 4.99. The Bertz CT molecular complexity index is 188. The van der Waals surface area contributed by atoms with Crippen molar-refractivity contribution >= 4 is 0 Å². The van der Waals surface area contributed by atoms with Gasteiger partial charge in [0.1, 0.15) is 6.10 Å². The molecule has 0 aliphatic carbocycles. The zero-order valence-corrected chi connectivity index (χ0v) is 6.03. The second-order valence-corrected chi connectivity index (χ2v) is 1.92. The van der Waals surface area contributed by atoms with E-state index < -0.39 is 0 Å². The lowest BCUT2D eigenvalue weighted by Crippen LogP contribution is -2.00. The topological polar surface area (TPSA) is 35.0 Å². The molecule has 0 bridgehead atoms. The average molecular weight is 137 g/mol. The van der Waals surface area contributed by atoms with Gasteiger partial charge in [0.2, 0.25) is 0 Å². The van der Waals surface area contributed by atoms with Gasteiger partial charge in [0, 0.05) is 13.3 Å². The van der Waals surface area contributed by atoms with E-state index in [0.29, 0.717) is 5.82 Å². The molecule has 3 nitrogen and oxygen atoms in total. The Morgan fingerprint density at radius 1 is 1.70 bits per heavy atom. The van der Waals surface area contributed by atoms with Crippen LogP contribution >= 0.6 is 0 Å². The molecule has 1 unspecified atom stereocenters. The molecule has 0 aliphatic rings. The van der Waals surface area contributed by atoms with E-state index >= 15 is 0 Å². The molecule has 1 rings (SSSR count). The summed E-state index contributed by atoms with van der Waals surface area (Å²) in [4.78, 5) is 7.87. The molecule has 1 aromatic heterocycles. The molecule has 10 heavy (non-hydrogen) atoms. The monoisotopic (exact) mass is 137 g/mol. The van der Waals surface area contributed by atoms with Crippen LogP contribution in [0.1, 0.15) is 18.9 Å². The minimum absolute atomic E-state index is 0.0440. The van der Waals surface area contributed by atoms with E-state index in [1.54, 1.807) is 19.4 Å². The summed E-state index contributed by atoms with van der Waals surface area (Å²) in [6.45, 7) is 1.89. The van der Waals surface area contributed by atoms with Gasteiger partial charge < -0.3 is 4.74 Å². The van der Waals surface area contributed by atoms with Gasteiger partial charge in [-0.25, -0.2) is 9.97 Å². The Kier molecular flexibility index (Phi) is 2.34. The first kappa shape index (κ1) is 7.15. The molecule has 0 fully saturated rings. The number of aromatic nitrogens is 2. The van der Waals surface area contributed by atoms with Crippen molar-refractivity contribution in [2.24, 2.45) is 0 Å². The second-order valence-electron chi connectivity index (χ2n) is 1.92. The van der Waals surface area contributed by atoms with Crippen molar-refractivity contribution in [3.05, 3.63) is 24.3 Å². The third kappa shape index (κ3) is 1.51. The van der Waals surface area contributed by atoms with E-state index in [-0.39, 0.29) is 6.10 Å². The third-order valence-electron chi connectivity index (χ3n) is 1.25. The largest absolute Gasteiger partial charge is 0.374 e. The number of nitrogens with zero attached hydrogens (tertiary/aromatic N) is 2. The zero-order chi connectivity index (χ0) is 7.40. The molecule has 0 spiro atoms. The number of ether oxygens (including phenoxy) is 1. The van der Waals surface area contributed by atoms with Crippen molar-refractivity contribution in [2.45, 2.75) is 13.0 Å². The molecule has 1 radical (unpaired) electrons. The number of hydrogen-bond donors (Lipinski definition) is 0. The summed E-state index contributed by atoms with van der Waals surface area (Å²) in [6.07, 6.45) is 4.29. The molecule has 0 aromatic carbocycles. The van der Waals surface area contributed by atoms with Gasteiger partial charge in [-0.15, -0.1) is 0 Å². The molecule has 1 atom stereocenters. The van der Waals surface area contributed by atoms with Gasteiger partial charge in [-0.2, -0.15) is 0 Å². The normalized spacial score (nSPS) is 13.0. The Hall–Kier alpha value is -0.960. The molecule has 0 saturated heterocycles. The maximum absolute atomic E-state index is 4.99. The van der Waals surface area contributed by atoms with E-state index in [9.17, 15) is 0 Å². The summed E-state index contributed by atoms with van der Waals surface area (Å²) in [5.74, 6) is 0.671. The van der Waals surface area contributed by atoms with Crippen LogP contribution in [0.3, 0.4) is 0 Å². The Morgan fingerprint density at radius 2 is 2.50 bits per heavy atom. The van der Waals surface area contributed by atoms with Crippen molar-refractivity contribution in [2.75, 3.05) is 7.11 Å². The van der Waals surface area contributed by atoms with Gasteiger partial charge in [-0.1, -0.05) is 0 Å². The summed E-state index contributed by atoms with van der Waals surface area (Å²) in [5, 5.41) is 0. The summed E-state index contributed by atoms with van der Waals surface area (Å²) in [6, 6.07) is 1.66. The predicted octanol–water partition coefficient (Wildman–Crippen LogP) is 0.984. The molecule has 0 N–H and O–H groups in total. The number of rotatable bonds is 2. The number of hydrogen-bond acceptors (Lipinski definition) is 3. The van der Waals surface area contributed by atoms with Crippen LogP contribution < -0.4 is 0 Å². The molecule has 1 heterocycles. The molecule has 0 saturated carbocycles.